The van der Waals surface area contributed by atoms with Gasteiger partial charge >= 0.3 is 0 Å². The minimum Gasteiger partial charge on any atom is -0.145 e. The standard InChI is InChI=1S/C7H13NO/c1-4-6(3)7(5-2)8-9/h4-5H2,1-3H3/b7-6-. The van der Waals surface area contributed by atoms with Crippen molar-refractivity contribution in [2.24, 2.45) is 5.18 Å². The molecule has 0 aromatic heterocycles. The third-order valence-corrected chi connectivity index (χ3v) is 1.47. The molecular formula is C7H13NO. The third-order valence-electron chi connectivity index (χ3n) is 1.47. The average molecular weight is 127 g/mol. The highest BCUT2D eigenvalue weighted by Gasteiger charge is 1.95. The Morgan fingerprint density at radius 1 is 1.33 bits per heavy atom. The second-order valence-corrected chi connectivity index (χ2v) is 2.03. The Morgan fingerprint density at radius 3 is 2.00 bits per heavy atom. The molecule has 0 spiro atoms. The van der Waals surface area contributed by atoms with Crippen molar-refractivity contribution in [3.8, 4) is 0 Å². The van der Waals surface area contributed by atoms with Crippen molar-refractivity contribution < 1.29 is 0 Å². The molecule has 0 fully saturated rings. The van der Waals surface area contributed by atoms with Crippen molar-refractivity contribution >= 4 is 0 Å². The summed E-state index contributed by atoms with van der Waals surface area (Å²) in [6, 6.07) is 0. The number of nitroso groups, excluding NO2 is 1. The molecule has 0 atom stereocenters. The van der Waals surface area contributed by atoms with Crippen molar-refractivity contribution in [2.45, 2.75) is 33.6 Å². The van der Waals surface area contributed by atoms with Crippen LogP contribution in [-0.4, -0.2) is 0 Å². The van der Waals surface area contributed by atoms with E-state index >= 15 is 0 Å². The Kier molecular flexibility index (Phi) is 3.93. The SMILES string of the molecule is CC/C(C)=C(/CC)N=O. The molecule has 0 bridgehead atoms. The van der Waals surface area contributed by atoms with Crippen molar-refractivity contribution in [1.82, 2.24) is 0 Å². The first-order valence-corrected chi connectivity index (χ1v) is 3.28. The average Bonchev–Trinajstić information content (AvgIpc) is 1.90. The van der Waals surface area contributed by atoms with E-state index in [4.69, 9.17) is 0 Å². The van der Waals surface area contributed by atoms with E-state index in [1.54, 1.807) is 0 Å². The molecule has 0 N–H and O–H groups in total. The fraction of sp³-hybridized carbons (Fsp3) is 0.714. The fourth-order valence-corrected chi connectivity index (χ4v) is 0.648. The van der Waals surface area contributed by atoms with Gasteiger partial charge in [-0.15, -0.1) is 4.91 Å². The zero-order chi connectivity index (χ0) is 7.28. The monoisotopic (exact) mass is 127 g/mol. The Labute approximate surface area is 55.9 Å². The number of hydrogen-bond donors (Lipinski definition) is 0. The molecule has 0 amide bonds. The van der Waals surface area contributed by atoms with Crippen LogP contribution in [0.1, 0.15) is 33.6 Å². The second kappa shape index (κ2) is 4.24. The van der Waals surface area contributed by atoms with E-state index in [0.717, 1.165) is 18.4 Å². The molecule has 0 saturated heterocycles. The summed E-state index contributed by atoms with van der Waals surface area (Å²) in [5.41, 5.74) is 1.81. The fourth-order valence-electron chi connectivity index (χ4n) is 0.648. The highest BCUT2D eigenvalue weighted by Crippen LogP contribution is 2.11. The summed E-state index contributed by atoms with van der Waals surface area (Å²) in [6.07, 6.45) is 1.68. The molecule has 0 aliphatic heterocycles. The van der Waals surface area contributed by atoms with Crippen LogP contribution in [0.25, 0.3) is 0 Å². The van der Waals surface area contributed by atoms with Crippen LogP contribution in [0, 0.1) is 4.91 Å². The molecule has 52 valence electrons. The maximum Gasteiger partial charge on any atom is 0.0835 e. The molecule has 0 heterocycles. The van der Waals surface area contributed by atoms with Crippen LogP contribution in [0.2, 0.25) is 0 Å². The molecule has 2 heteroatoms. The summed E-state index contributed by atoms with van der Waals surface area (Å²) >= 11 is 0. The summed E-state index contributed by atoms with van der Waals surface area (Å²) in [7, 11) is 0. The van der Waals surface area contributed by atoms with E-state index < -0.39 is 0 Å². The Hall–Kier alpha value is -0.660. The Morgan fingerprint density at radius 2 is 1.89 bits per heavy atom. The highest BCUT2D eigenvalue weighted by molar-refractivity contribution is 5.09. The predicted octanol–water partition coefficient (Wildman–Crippen LogP) is 2.85. The molecule has 0 radical (unpaired) electrons. The molecular weight excluding hydrogens is 114 g/mol. The minimum atomic E-state index is 0.706. The number of nitrogens with zero attached hydrogens (tertiary/aromatic N) is 1. The number of allylic oxidation sites excluding steroid dienone is 2. The van der Waals surface area contributed by atoms with E-state index in [2.05, 4.69) is 5.18 Å². The van der Waals surface area contributed by atoms with E-state index in [-0.39, 0.29) is 0 Å². The third kappa shape index (κ3) is 2.40. The lowest BCUT2D eigenvalue weighted by Crippen LogP contribution is -1.80. The minimum absolute atomic E-state index is 0.706. The zero-order valence-electron chi connectivity index (χ0n) is 6.27. The molecule has 0 aliphatic rings. The maximum absolute atomic E-state index is 10.0. The molecule has 9 heavy (non-hydrogen) atoms. The number of hydrogen-bond acceptors (Lipinski definition) is 2. The van der Waals surface area contributed by atoms with Gasteiger partial charge in [0, 0.05) is 0 Å². The van der Waals surface area contributed by atoms with Crippen molar-refractivity contribution in [3.05, 3.63) is 16.2 Å². The Bertz CT molecular complexity index is 127. The molecule has 0 aromatic rings. The van der Waals surface area contributed by atoms with Crippen molar-refractivity contribution in [3.63, 3.8) is 0 Å². The normalized spacial score (nSPS) is 12.8. The largest absolute Gasteiger partial charge is 0.145 e. The number of rotatable bonds is 3. The summed E-state index contributed by atoms with van der Waals surface area (Å²) in [6.45, 7) is 5.91. The second-order valence-electron chi connectivity index (χ2n) is 2.03. The zero-order valence-corrected chi connectivity index (χ0v) is 6.27. The summed E-state index contributed by atoms with van der Waals surface area (Å²) in [4.78, 5) is 10.0. The van der Waals surface area contributed by atoms with Crippen LogP contribution in [0.5, 0.6) is 0 Å². The highest BCUT2D eigenvalue weighted by atomic mass is 16.3. The maximum atomic E-state index is 10.0. The van der Waals surface area contributed by atoms with Gasteiger partial charge in [-0.05, 0) is 30.5 Å². The lowest BCUT2D eigenvalue weighted by molar-refractivity contribution is 0.962. The van der Waals surface area contributed by atoms with Crippen molar-refractivity contribution in [1.29, 1.82) is 0 Å². The van der Waals surface area contributed by atoms with E-state index in [1.807, 2.05) is 20.8 Å². The van der Waals surface area contributed by atoms with Gasteiger partial charge in [0.25, 0.3) is 0 Å². The molecule has 2 nitrogen and oxygen atoms in total. The molecule has 0 unspecified atom stereocenters. The molecule has 0 rings (SSSR count). The molecule has 0 aliphatic carbocycles. The Balaban J connectivity index is 4.18. The van der Waals surface area contributed by atoms with Gasteiger partial charge in [-0.2, -0.15) is 0 Å². The van der Waals surface area contributed by atoms with Gasteiger partial charge in [0.15, 0.2) is 0 Å². The van der Waals surface area contributed by atoms with Gasteiger partial charge in [-0.25, -0.2) is 0 Å². The van der Waals surface area contributed by atoms with E-state index in [1.165, 1.54) is 0 Å². The summed E-state index contributed by atoms with van der Waals surface area (Å²) < 4.78 is 0. The van der Waals surface area contributed by atoms with Crippen LogP contribution >= 0.6 is 0 Å². The van der Waals surface area contributed by atoms with Gasteiger partial charge in [-0.1, -0.05) is 13.8 Å². The molecule has 0 saturated carbocycles. The van der Waals surface area contributed by atoms with Gasteiger partial charge < -0.3 is 0 Å². The van der Waals surface area contributed by atoms with Crippen LogP contribution in [0.15, 0.2) is 16.4 Å². The molecule has 0 aromatic carbocycles. The van der Waals surface area contributed by atoms with Gasteiger partial charge in [0.1, 0.15) is 0 Å². The first-order valence-electron chi connectivity index (χ1n) is 3.28. The van der Waals surface area contributed by atoms with Crippen LogP contribution in [0.4, 0.5) is 0 Å². The van der Waals surface area contributed by atoms with Gasteiger partial charge in [0.05, 0.1) is 5.70 Å². The first-order chi connectivity index (χ1) is 4.26. The van der Waals surface area contributed by atoms with Crippen LogP contribution in [0.3, 0.4) is 0 Å². The predicted molar refractivity (Wildman–Crippen MR) is 39.1 cm³/mol. The topological polar surface area (TPSA) is 29.4 Å². The lowest BCUT2D eigenvalue weighted by atomic mass is 10.1. The summed E-state index contributed by atoms with van der Waals surface area (Å²) in [5, 5.41) is 2.91. The lowest BCUT2D eigenvalue weighted by Gasteiger charge is -1.96. The van der Waals surface area contributed by atoms with Gasteiger partial charge in [-0.3, -0.25) is 0 Å². The van der Waals surface area contributed by atoms with Crippen molar-refractivity contribution in [2.75, 3.05) is 0 Å². The van der Waals surface area contributed by atoms with Gasteiger partial charge in [0.2, 0.25) is 0 Å². The first kappa shape index (κ1) is 8.34. The quantitative estimate of drug-likeness (QED) is 0.536. The van der Waals surface area contributed by atoms with E-state index in [0.29, 0.717) is 5.70 Å². The smallest absolute Gasteiger partial charge is 0.0835 e. The summed E-state index contributed by atoms with van der Waals surface area (Å²) in [5.74, 6) is 0. The van der Waals surface area contributed by atoms with Crippen LogP contribution in [-0.2, 0) is 0 Å². The van der Waals surface area contributed by atoms with E-state index in [9.17, 15) is 4.91 Å². The van der Waals surface area contributed by atoms with Crippen LogP contribution < -0.4 is 0 Å².